The molecule has 6 nitrogen and oxygen atoms in total. The number of aromatic nitrogens is 3. The molecule has 1 N–H and O–H groups in total. The van der Waals surface area contributed by atoms with Gasteiger partial charge in [0.25, 0.3) is 0 Å². The van der Waals surface area contributed by atoms with Crippen LogP contribution in [0.1, 0.15) is 34.8 Å². The second kappa shape index (κ2) is 7.22. The number of pyridine rings is 1. The second-order valence-corrected chi connectivity index (χ2v) is 5.79. The van der Waals surface area contributed by atoms with E-state index in [1.165, 1.54) is 12.1 Å². The molecule has 132 valence electrons. The normalized spacial score (nSPS) is 18.2. The number of carbonyl (C=O) groups excluding carboxylic acids is 1. The zero-order valence-corrected chi connectivity index (χ0v) is 14.0. The van der Waals surface area contributed by atoms with Gasteiger partial charge in [0, 0.05) is 12.4 Å². The molecule has 0 radical (unpaired) electrons. The van der Waals surface area contributed by atoms with Gasteiger partial charge in [0.15, 0.2) is 6.10 Å². The van der Waals surface area contributed by atoms with Crippen LogP contribution in [0.3, 0.4) is 0 Å². The van der Waals surface area contributed by atoms with E-state index in [0.29, 0.717) is 22.6 Å². The molecule has 1 aliphatic rings. The number of carbonyl (C=O) groups is 1. The van der Waals surface area contributed by atoms with Crippen molar-refractivity contribution in [1.82, 2.24) is 20.3 Å². The van der Waals surface area contributed by atoms with E-state index in [1.807, 2.05) is 0 Å². The predicted molar refractivity (Wildman–Crippen MR) is 93.7 cm³/mol. The quantitative estimate of drug-likeness (QED) is 0.711. The smallest absolute Gasteiger partial charge is 0.408 e. The van der Waals surface area contributed by atoms with Crippen molar-refractivity contribution in [2.24, 2.45) is 0 Å². The highest BCUT2D eigenvalue weighted by Crippen LogP contribution is 2.35. The first-order valence-corrected chi connectivity index (χ1v) is 8.17. The van der Waals surface area contributed by atoms with Gasteiger partial charge in [0.1, 0.15) is 23.2 Å². The van der Waals surface area contributed by atoms with Gasteiger partial charge in [-0.2, -0.15) is 0 Å². The number of rotatable bonds is 2. The Morgan fingerprint density at radius 3 is 2.63 bits per heavy atom. The van der Waals surface area contributed by atoms with Crippen LogP contribution in [0.4, 0.5) is 9.18 Å². The van der Waals surface area contributed by atoms with Gasteiger partial charge in [-0.3, -0.25) is 4.98 Å². The van der Waals surface area contributed by atoms with Crippen LogP contribution in [0.5, 0.6) is 0 Å². The molecule has 7 heteroatoms. The molecule has 1 fully saturated rings. The predicted octanol–water partition coefficient (Wildman–Crippen LogP) is 2.93. The Morgan fingerprint density at radius 1 is 1.04 bits per heavy atom. The molecule has 2 atom stereocenters. The molecule has 1 aliphatic heterocycles. The van der Waals surface area contributed by atoms with Crippen molar-refractivity contribution in [2.75, 3.05) is 0 Å². The highest BCUT2D eigenvalue weighted by molar-refractivity contribution is 5.71. The van der Waals surface area contributed by atoms with Crippen molar-refractivity contribution in [1.29, 1.82) is 0 Å². The summed E-state index contributed by atoms with van der Waals surface area (Å²) in [6.07, 6.45) is 3.54. The van der Waals surface area contributed by atoms with E-state index < -0.39 is 18.2 Å². The molecule has 0 bridgehead atoms. The van der Waals surface area contributed by atoms with Gasteiger partial charge < -0.3 is 10.1 Å². The minimum Gasteiger partial charge on any atom is -0.439 e. The molecular formula is C20H13FN4O2. The summed E-state index contributed by atoms with van der Waals surface area (Å²) in [5.74, 6) is 5.47. The number of alkyl carbamates (subject to hydrolysis) is 1. The standard InChI is InChI=1S/C20H13FN4O2/c21-14-6-4-13(5-7-14)19-18(25-20(26)27-19)17-3-1-2-15(24-17)8-9-16-12-22-10-11-23-16/h1-7,10-12,18-19H,(H,25,26)/t18-,19-/m0/s1. The minimum absolute atomic E-state index is 0.355. The summed E-state index contributed by atoms with van der Waals surface area (Å²) in [7, 11) is 0. The van der Waals surface area contributed by atoms with Gasteiger partial charge in [-0.25, -0.2) is 19.2 Å². The van der Waals surface area contributed by atoms with Crippen LogP contribution in [0.2, 0.25) is 0 Å². The molecule has 0 spiro atoms. The van der Waals surface area contributed by atoms with Gasteiger partial charge in [-0.1, -0.05) is 18.2 Å². The number of nitrogens with one attached hydrogen (secondary N) is 1. The molecule has 0 saturated carbocycles. The van der Waals surface area contributed by atoms with Crippen molar-refractivity contribution in [3.63, 3.8) is 0 Å². The number of ether oxygens (including phenoxy) is 1. The van der Waals surface area contributed by atoms with Gasteiger partial charge in [-0.15, -0.1) is 0 Å². The van der Waals surface area contributed by atoms with E-state index in [4.69, 9.17) is 4.74 Å². The number of cyclic esters (lactones) is 1. The number of hydrogen-bond donors (Lipinski definition) is 1. The van der Waals surface area contributed by atoms with Crippen LogP contribution < -0.4 is 5.32 Å². The lowest BCUT2D eigenvalue weighted by Gasteiger charge is -2.17. The Kier molecular flexibility index (Phi) is 4.45. The number of benzene rings is 1. The lowest BCUT2D eigenvalue weighted by atomic mass is 10.00. The van der Waals surface area contributed by atoms with Crippen LogP contribution in [0.15, 0.2) is 61.1 Å². The Labute approximate surface area is 154 Å². The average molecular weight is 360 g/mol. The monoisotopic (exact) mass is 360 g/mol. The van der Waals surface area contributed by atoms with Crippen LogP contribution in [0, 0.1) is 17.7 Å². The lowest BCUT2D eigenvalue weighted by Crippen LogP contribution is -2.20. The van der Waals surface area contributed by atoms with E-state index >= 15 is 0 Å². The van der Waals surface area contributed by atoms with Crippen LogP contribution in [0.25, 0.3) is 0 Å². The first-order chi connectivity index (χ1) is 13.2. The number of nitrogens with zero attached hydrogens (tertiary/aromatic N) is 3. The van der Waals surface area contributed by atoms with E-state index in [-0.39, 0.29) is 5.82 Å². The van der Waals surface area contributed by atoms with Crippen molar-refractivity contribution in [2.45, 2.75) is 12.1 Å². The third kappa shape index (κ3) is 3.75. The molecule has 1 amide bonds. The summed E-state index contributed by atoms with van der Waals surface area (Å²) in [6.45, 7) is 0. The van der Waals surface area contributed by atoms with Gasteiger partial charge in [-0.05, 0) is 41.7 Å². The maximum absolute atomic E-state index is 13.2. The van der Waals surface area contributed by atoms with Crippen LogP contribution in [-0.4, -0.2) is 21.0 Å². The molecule has 2 aromatic heterocycles. The summed E-state index contributed by atoms with van der Waals surface area (Å²) in [6, 6.07) is 10.7. The number of halogens is 1. The molecular weight excluding hydrogens is 347 g/mol. The summed E-state index contributed by atoms with van der Waals surface area (Å²) >= 11 is 0. The molecule has 4 rings (SSSR count). The molecule has 3 aromatic rings. The maximum Gasteiger partial charge on any atom is 0.408 e. The van der Waals surface area contributed by atoms with E-state index in [2.05, 4.69) is 32.1 Å². The van der Waals surface area contributed by atoms with Gasteiger partial charge in [0.05, 0.1) is 11.9 Å². The third-order valence-electron chi connectivity index (χ3n) is 3.98. The zero-order chi connectivity index (χ0) is 18.6. The number of amides is 1. The molecule has 1 aromatic carbocycles. The fourth-order valence-corrected chi connectivity index (χ4v) is 2.75. The van der Waals surface area contributed by atoms with Crippen molar-refractivity contribution >= 4 is 6.09 Å². The summed E-state index contributed by atoms with van der Waals surface area (Å²) in [5.41, 5.74) is 2.34. The summed E-state index contributed by atoms with van der Waals surface area (Å²) < 4.78 is 18.5. The zero-order valence-electron chi connectivity index (χ0n) is 14.0. The van der Waals surface area contributed by atoms with Crippen LogP contribution >= 0.6 is 0 Å². The second-order valence-electron chi connectivity index (χ2n) is 5.79. The van der Waals surface area contributed by atoms with Gasteiger partial charge in [0.2, 0.25) is 0 Å². The van der Waals surface area contributed by atoms with Crippen molar-refractivity contribution < 1.29 is 13.9 Å². The molecule has 1 saturated heterocycles. The highest BCUT2D eigenvalue weighted by atomic mass is 19.1. The average Bonchev–Trinajstić information content (AvgIpc) is 3.10. The van der Waals surface area contributed by atoms with E-state index in [9.17, 15) is 9.18 Å². The first-order valence-electron chi connectivity index (χ1n) is 8.17. The molecule has 0 unspecified atom stereocenters. The fraction of sp³-hybridized carbons (Fsp3) is 0.100. The summed E-state index contributed by atoms with van der Waals surface area (Å²) in [4.78, 5) is 24.4. The SMILES string of the molecule is O=C1N[C@@H](c2cccc(C#Cc3cnccn3)n2)[C@H](c2ccc(F)cc2)O1. The van der Waals surface area contributed by atoms with Crippen LogP contribution in [-0.2, 0) is 4.74 Å². The van der Waals surface area contributed by atoms with Gasteiger partial charge >= 0.3 is 6.09 Å². The first kappa shape index (κ1) is 16.7. The molecule has 0 aliphatic carbocycles. The third-order valence-corrected chi connectivity index (χ3v) is 3.98. The topological polar surface area (TPSA) is 77.0 Å². The largest absolute Gasteiger partial charge is 0.439 e. The maximum atomic E-state index is 13.2. The molecule has 3 heterocycles. The van der Waals surface area contributed by atoms with Crippen molar-refractivity contribution in [3.05, 3.63) is 89.5 Å². The minimum atomic E-state index is -0.603. The Hall–Kier alpha value is -3.79. The Balaban J connectivity index is 1.63. The summed E-state index contributed by atoms with van der Waals surface area (Å²) in [5, 5.41) is 2.75. The molecule has 27 heavy (non-hydrogen) atoms. The van der Waals surface area contributed by atoms with Crippen molar-refractivity contribution in [3.8, 4) is 11.8 Å². The highest BCUT2D eigenvalue weighted by Gasteiger charge is 2.37. The fourth-order valence-electron chi connectivity index (χ4n) is 2.75. The van der Waals surface area contributed by atoms with E-state index in [1.54, 1.807) is 48.9 Å². The Morgan fingerprint density at radius 2 is 1.85 bits per heavy atom. The Bertz CT molecular complexity index is 1030. The number of hydrogen-bond acceptors (Lipinski definition) is 5. The van der Waals surface area contributed by atoms with E-state index in [0.717, 1.165) is 0 Å². The lowest BCUT2D eigenvalue weighted by molar-refractivity contribution is 0.132.